The zero-order valence-electron chi connectivity index (χ0n) is 10.9. The summed E-state index contributed by atoms with van der Waals surface area (Å²) in [5, 5.41) is 26.4. The Hall–Kier alpha value is -2.00. The maximum absolute atomic E-state index is 9.99. The topological polar surface area (TPSA) is 108 Å². The van der Waals surface area contributed by atoms with Crippen LogP contribution >= 0.6 is 0 Å². The van der Waals surface area contributed by atoms with Crippen molar-refractivity contribution < 1.29 is 5.11 Å². The van der Waals surface area contributed by atoms with Crippen LogP contribution in [0.15, 0.2) is 28.7 Å². The van der Waals surface area contributed by atoms with E-state index in [0.717, 1.165) is 5.69 Å². The monoisotopic (exact) mass is 259 g/mol. The SMILES string of the molecule is CC1(O)CCC(C#N)(c2ccc(N=NN)cn2)CC1. The summed E-state index contributed by atoms with van der Waals surface area (Å²) in [6, 6.07) is 5.90. The van der Waals surface area contributed by atoms with Crippen molar-refractivity contribution in [2.75, 3.05) is 0 Å². The number of hydrogen-bond donors (Lipinski definition) is 2. The number of rotatable bonds is 2. The summed E-state index contributed by atoms with van der Waals surface area (Å²) in [6.07, 6.45) is 3.99. The highest BCUT2D eigenvalue weighted by molar-refractivity contribution is 5.37. The third-order valence-corrected chi connectivity index (χ3v) is 3.81. The van der Waals surface area contributed by atoms with Crippen LogP contribution < -0.4 is 5.84 Å². The maximum Gasteiger partial charge on any atom is 0.106 e. The van der Waals surface area contributed by atoms with Crippen LogP contribution in [0.25, 0.3) is 0 Å². The molecule has 1 aromatic heterocycles. The Morgan fingerprint density at radius 3 is 2.53 bits per heavy atom. The Bertz CT molecular complexity index is 505. The Morgan fingerprint density at radius 2 is 2.05 bits per heavy atom. The number of pyridine rings is 1. The van der Waals surface area contributed by atoms with Gasteiger partial charge in [-0.3, -0.25) is 4.98 Å². The van der Waals surface area contributed by atoms with Crippen molar-refractivity contribution in [3.8, 4) is 6.07 Å². The lowest BCUT2D eigenvalue weighted by Crippen LogP contribution is -2.39. The number of hydrogen-bond acceptors (Lipinski definition) is 5. The molecule has 1 aliphatic carbocycles. The molecule has 6 nitrogen and oxygen atoms in total. The zero-order valence-corrected chi connectivity index (χ0v) is 10.9. The van der Waals surface area contributed by atoms with Gasteiger partial charge >= 0.3 is 0 Å². The van der Waals surface area contributed by atoms with Gasteiger partial charge in [-0.15, -0.1) is 5.11 Å². The molecule has 0 bridgehead atoms. The molecule has 0 spiro atoms. The van der Waals surface area contributed by atoms with Crippen molar-refractivity contribution in [1.82, 2.24) is 4.98 Å². The molecule has 0 unspecified atom stereocenters. The van der Waals surface area contributed by atoms with Crippen molar-refractivity contribution in [3.05, 3.63) is 24.0 Å². The summed E-state index contributed by atoms with van der Waals surface area (Å²) in [7, 11) is 0. The Morgan fingerprint density at radius 1 is 1.37 bits per heavy atom. The van der Waals surface area contributed by atoms with Crippen molar-refractivity contribution in [1.29, 1.82) is 5.26 Å². The summed E-state index contributed by atoms with van der Waals surface area (Å²) in [6.45, 7) is 1.81. The lowest BCUT2D eigenvalue weighted by Gasteiger charge is -2.37. The van der Waals surface area contributed by atoms with E-state index in [1.807, 2.05) is 6.92 Å². The fourth-order valence-corrected chi connectivity index (χ4v) is 2.44. The zero-order chi connectivity index (χ0) is 13.9. The van der Waals surface area contributed by atoms with Gasteiger partial charge in [0.1, 0.15) is 5.69 Å². The fraction of sp³-hybridized carbons (Fsp3) is 0.538. The summed E-state index contributed by atoms with van der Waals surface area (Å²) in [4.78, 5) is 4.30. The molecule has 0 saturated heterocycles. The molecule has 0 aliphatic heterocycles. The molecular weight excluding hydrogens is 242 g/mol. The molecule has 1 aliphatic rings. The Labute approximate surface area is 112 Å². The molecule has 2 rings (SSSR count). The molecule has 0 radical (unpaired) electrons. The molecule has 100 valence electrons. The van der Waals surface area contributed by atoms with E-state index >= 15 is 0 Å². The highest BCUT2D eigenvalue weighted by Gasteiger charge is 2.41. The molecule has 1 saturated carbocycles. The quantitative estimate of drug-likeness (QED) is 0.481. The van der Waals surface area contributed by atoms with Crippen LogP contribution in [0, 0.1) is 11.3 Å². The largest absolute Gasteiger partial charge is 0.390 e. The van der Waals surface area contributed by atoms with Gasteiger partial charge < -0.3 is 10.9 Å². The molecule has 0 amide bonds. The fourth-order valence-electron chi connectivity index (χ4n) is 2.44. The average Bonchev–Trinajstić information content (AvgIpc) is 2.41. The van der Waals surface area contributed by atoms with Crippen molar-refractivity contribution in [3.63, 3.8) is 0 Å². The van der Waals surface area contributed by atoms with Crippen LogP contribution in [-0.2, 0) is 5.41 Å². The first-order valence-electron chi connectivity index (χ1n) is 6.22. The van der Waals surface area contributed by atoms with Gasteiger partial charge in [-0.25, -0.2) is 0 Å². The molecule has 6 heteroatoms. The van der Waals surface area contributed by atoms with Crippen LogP contribution in [-0.4, -0.2) is 15.7 Å². The predicted octanol–water partition coefficient (Wildman–Crippen LogP) is 2.13. The Balaban J connectivity index is 2.25. The summed E-state index contributed by atoms with van der Waals surface area (Å²) in [5.41, 5.74) is -0.00193. The van der Waals surface area contributed by atoms with Gasteiger partial charge in [-0.05, 0) is 44.7 Å². The molecule has 19 heavy (non-hydrogen) atoms. The molecule has 0 atom stereocenters. The van der Waals surface area contributed by atoms with Crippen molar-refractivity contribution in [2.45, 2.75) is 43.6 Å². The molecule has 1 aromatic rings. The van der Waals surface area contributed by atoms with Gasteiger partial charge in [0.2, 0.25) is 0 Å². The molecule has 1 heterocycles. The third kappa shape index (κ3) is 2.71. The van der Waals surface area contributed by atoms with Gasteiger partial charge in [0.15, 0.2) is 0 Å². The van der Waals surface area contributed by atoms with E-state index in [1.165, 1.54) is 0 Å². The number of aromatic nitrogens is 1. The van der Waals surface area contributed by atoms with E-state index in [4.69, 9.17) is 5.84 Å². The van der Waals surface area contributed by atoms with Gasteiger partial charge in [0.05, 0.1) is 29.0 Å². The standard InChI is InChI=1S/C13H17N5O/c1-12(19)4-6-13(9-14,7-5-12)11-3-2-10(8-16-11)17-18-15/h2-3,8,19H,4-7H2,1H3,(H2,15,17). The highest BCUT2D eigenvalue weighted by atomic mass is 16.3. The summed E-state index contributed by atoms with van der Waals surface area (Å²) >= 11 is 0. The Kier molecular flexibility index (Phi) is 3.49. The van der Waals surface area contributed by atoms with Gasteiger partial charge in [0.25, 0.3) is 0 Å². The van der Waals surface area contributed by atoms with E-state index in [9.17, 15) is 10.4 Å². The lowest BCUT2D eigenvalue weighted by molar-refractivity contribution is 0.00802. The van der Waals surface area contributed by atoms with Crippen molar-refractivity contribution >= 4 is 5.69 Å². The summed E-state index contributed by atoms with van der Waals surface area (Å²) in [5.74, 6) is 4.97. The second-order valence-corrected chi connectivity index (χ2v) is 5.31. The van der Waals surface area contributed by atoms with E-state index in [1.54, 1.807) is 18.3 Å². The van der Waals surface area contributed by atoms with Crippen molar-refractivity contribution in [2.24, 2.45) is 16.2 Å². The predicted molar refractivity (Wildman–Crippen MR) is 69.3 cm³/mol. The first-order valence-corrected chi connectivity index (χ1v) is 6.22. The first-order chi connectivity index (χ1) is 9.01. The molecule has 0 aromatic carbocycles. The van der Waals surface area contributed by atoms with E-state index in [-0.39, 0.29) is 0 Å². The number of nitrogens with two attached hydrogens (primary N) is 1. The number of nitriles is 1. The molecular formula is C13H17N5O. The second-order valence-electron chi connectivity index (χ2n) is 5.31. The lowest BCUT2D eigenvalue weighted by atomic mass is 9.68. The third-order valence-electron chi connectivity index (χ3n) is 3.81. The van der Waals surface area contributed by atoms with Gasteiger partial charge in [-0.1, -0.05) is 5.22 Å². The van der Waals surface area contributed by atoms with E-state index < -0.39 is 11.0 Å². The second kappa shape index (κ2) is 4.94. The minimum Gasteiger partial charge on any atom is -0.390 e. The van der Waals surface area contributed by atoms with Crippen LogP contribution in [0.5, 0.6) is 0 Å². The minimum atomic E-state index is -0.673. The van der Waals surface area contributed by atoms with Crippen LogP contribution in [0.2, 0.25) is 0 Å². The molecule has 3 N–H and O–H groups in total. The molecule has 1 fully saturated rings. The number of nitrogens with zero attached hydrogens (tertiary/aromatic N) is 4. The first kappa shape index (κ1) is 13.4. The summed E-state index contributed by atoms with van der Waals surface area (Å²) < 4.78 is 0. The van der Waals surface area contributed by atoms with Gasteiger partial charge in [0, 0.05) is 0 Å². The highest BCUT2D eigenvalue weighted by Crippen LogP contribution is 2.42. The average molecular weight is 259 g/mol. The van der Waals surface area contributed by atoms with E-state index in [0.29, 0.717) is 31.4 Å². The maximum atomic E-state index is 9.99. The number of aliphatic hydroxyl groups is 1. The normalized spacial score (nSPS) is 31.2. The van der Waals surface area contributed by atoms with E-state index in [2.05, 4.69) is 21.4 Å². The van der Waals surface area contributed by atoms with Crippen LogP contribution in [0.4, 0.5) is 5.69 Å². The van der Waals surface area contributed by atoms with Crippen LogP contribution in [0.1, 0.15) is 38.3 Å². The van der Waals surface area contributed by atoms with Gasteiger partial charge in [-0.2, -0.15) is 5.26 Å². The smallest absolute Gasteiger partial charge is 0.106 e. The van der Waals surface area contributed by atoms with Crippen LogP contribution in [0.3, 0.4) is 0 Å². The minimum absolute atomic E-state index is 0.558.